The molecule has 88 valence electrons. The van der Waals surface area contributed by atoms with Crippen LogP contribution in [-0.4, -0.2) is 6.54 Å². The van der Waals surface area contributed by atoms with Crippen molar-refractivity contribution in [3.63, 3.8) is 0 Å². The molecule has 3 rings (SSSR count). The molecular formula is C13H18BrNO. The van der Waals surface area contributed by atoms with Crippen molar-refractivity contribution >= 4 is 15.9 Å². The zero-order valence-electron chi connectivity index (χ0n) is 9.47. The fourth-order valence-electron chi connectivity index (χ4n) is 3.02. The molecule has 2 fully saturated rings. The lowest BCUT2D eigenvalue weighted by Crippen LogP contribution is -2.43. The number of furan rings is 1. The van der Waals surface area contributed by atoms with Crippen LogP contribution in [-0.2, 0) is 5.54 Å². The maximum Gasteiger partial charge on any atom is 0.138 e. The molecule has 1 aliphatic carbocycles. The van der Waals surface area contributed by atoms with E-state index in [4.69, 9.17) is 4.42 Å². The normalized spacial score (nSPS) is 31.3. The highest BCUT2D eigenvalue weighted by molar-refractivity contribution is 9.10. The zero-order valence-corrected chi connectivity index (χ0v) is 11.1. The fourth-order valence-corrected chi connectivity index (χ4v) is 3.58. The Balaban J connectivity index is 1.98. The van der Waals surface area contributed by atoms with Crippen LogP contribution in [0.2, 0.25) is 0 Å². The highest BCUT2D eigenvalue weighted by Crippen LogP contribution is 2.51. The zero-order chi connectivity index (χ0) is 11.0. The largest absolute Gasteiger partial charge is 0.466 e. The van der Waals surface area contributed by atoms with E-state index in [-0.39, 0.29) is 5.54 Å². The van der Waals surface area contributed by atoms with E-state index in [0.717, 1.165) is 22.7 Å². The van der Waals surface area contributed by atoms with E-state index in [1.165, 1.54) is 38.5 Å². The Labute approximate surface area is 105 Å². The third-order valence-electron chi connectivity index (χ3n) is 3.98. The van der Waals surface area contributed by atoms with Crippen LogP contribution in [0.15, 0.2) is 21.2 Å². The predicted octanol–water partition coefficient (Wildman–Crippen LogP) is 3.81. The molecule has 1 N–H and O–H groups in total. The Bertz CT molecular complexity index is 362. The maximum atomic E-state index is 5.75. The van der Waals surface area contributed by atoms with Gasteiger partial charge in [0, 0.05) is 0 Å². The first-order valence-electron chi connectivity index (χ1n) is 6.31. The van der Waals surface area contributed by atoms with Crippen LogP contribution >= 0.6 is 15.9 Å². The molecule has 1 atom stereocenters. The number of hydrogen-bond donors (Lipinski definition) is 1. The Morgan fingerprint density at radius 1 is 1.31 bits per heavy atom. The number of nitrogens with one attached hydrogen (secondary N) is 1. The van der Waals surface area contributed by atoms with Gasteiger partial charge in [-0.25, -0.2) is 0 Å². The summed E-state index contributed by atoms with van der Waals surface area (Å²) in [5.41, 5.74) is 0.124. The van der Waals surface area contributed by atoms with Gasteiger partial charge in [-0.2, -0.15) is 0 Å². The minimum atomic E-state index is 0.124. The summed E-state index contributed by atoms with van der Waals surface area (Å²) in [4.78, 5) is 0. The molecule has 3 heteroatoms. The Morgan fingerprint density at radius 3 is 2.88 bits per heavy atom. The minimum Gasteiger partial charge on any atom is -0.466 e. The van der Waals surface area contributed by atoms with Crippen molar-refractivity contribution in [2.24, 2.45) is 5.92 Å². The van der Waals surface area contributed by atoms with Gasteiger partial charge in [-0.05, 0) is 60.1 Å². The van der Waals surface area contributed by atoms with E-state index in [9.17, 15) is 0 Å². The second-order valence-corrected chi connectivity index (χ2v) is 5.94. The van der Waals surface area contributed by atoms with Crippen molar-refractivity contribution in [3.8, 4) is 0 Å². The monoisotopic (exact) mass is 283 g/mol. The molecule has 1 aliphatic heterocycles. The molecule has 1 saturated heterocycles. The van der Waals surface area contributed by atoms with Crippen molar-refractivity contribution in [1.82, 2.24) is 5.32 Å². The van der Waals surface area contributed by atoms with Gasteiger partial charge in [0.05, 0.1) is 16.3 Å². The average molecular weight is 284 g/mol. The van der Waals surface area contributed by atoms with Gasteiger partial charge in [0.1, 0.15) is 5.76 Å². The van der Waals surface area contributed by atoms with Crippen molar-refractivity contribution < 1.29 is 4.42 Å². The average Bonchev–Trinajstić information content (AvgIpc) is 3.07. The Morgan fingerprint density at radius 2 is 2.19 bits per heavy atom. The van der Waals surface area contributed by atoms with Gasteiger partial charge in [-0.15, -0.1) is 0 Å². The van der Waals surface area contributed by atoms with Crippen LogP contribution in [0, 0.1) is 5.92 Å². The van der Waals surface area contributed by atoms with E-state index < -0.39 is 0 Å². The molecule has 1 unspecified atom stereocenters. The molecule has 0 aromatic carbocycles. The first kappa shape index (κ1) is 10.8. The predicted molar refractivity (Wildman–Crippen MR) is 67.3 cm³/mol. The molecule has 2 heterocycles. The van der Waals surface area contributed by atoms with Crippen LogP contribution in [0.25, 0.3) is 0 Å². The topological polar surface area (TPSA) is 25.2 Å². The smallest absolute Gasteiger partial charge is 0.138 e. The summed E-state index contributed by atoms with van der Waals surface area (Å²) >= 11 is 3.62. The summed E-state index contributed by atoms with van der Waals surface area (Å²) in [5, 5.41) is 3.78. The summed E-state index contributed by atoms with van der Waals surface area (Å²) in [7, 11) is 0. The molecule has 0 amide bonds. The molecule has 2 aliphatic rings. The van der Waals surface area contributed by atoms with Crippen LogP contribution in [0.1, 0.15) is 44.3 Å². The maximum absolute atomic E-state index is 5.75. The van der Waals surface area contributed by atoms with Gasteiger partial charge >= 0.3 is 0 Å². The lowest BCUT2D eigenvalue weighted by atomic mass is 9.85. The molecule has 1 saturated carbocycles. The summed E-state index contributed by atoms with van der Waals surface area (Å²) in [5.74, 6) is 1.92. The van der Waals surface area contributed by atoms with E-state index in [1.807, 2.05) is 6.07 Å². The molecule has 2 nitrogen and oxygen atoms in total. The SMILES string of the molecule is Brc1ccoc1C1(C2CC2)CCCCCN1. The van der Waals surface area contributed by atoms with Gasteiger partial charge in [0.15, 0.2) is 0 Å². The van der Waals surface area contributed by atoms with Crippen molar-refractivity contribution in [3.05, 3.63) is 22.6 Å². The molecule has 1 aromatic rings. The third-order valence-corrected chi connectivity index (χ3v) is 4.61. The van der Waals surface area contributed by atoms with Gasteiger partial charge < -0.3 is 9.73 Å². The first-order chi connectivity index (χ1) is 7.83. The third kappa shape index (κ3) is 1.74. The standard InChI is InChI=1S/C13H18BrNO/c14-11-6-9-16-12(11)13(10-4-5-10)7-2-1-3-8-15-13/h6,9-10,15H,1-5,7-8H2. The molecular weight excluding hydrogens is 266 g/mol. The van der Waals surface area contributed by atoms with Gasteiger partial charge in [-0.1, -0.05) is 12.8 Å². The number of halogens is 1. The Hall–Kier alpha value is -0.280. The summed E-state index contributed by atoms with van der Waals surface area (Å²) in [6, 6.07) is 2.02. The number of rotatable bonds is 2. The highest BCUT2D eigenvalue weighted by atomic mass is 79.9. The van der Waals surface area contributed by atoms with Gasteiger partial charge in [-0.3, -0.25) is 0 Å². The summed E-state index contributed by atoms with van der Waals surface area (Å²) in [6.07, 6.45) is 9.68. The van der Waals surface area contributed by atoms with Gasteiger partial charge in [0.2, 0.25) is 0 Å². The van der Waals surface area contributed by atoms with Crippen molar-refractivity contribution in [1.29, 1.82) is 0 Å². The van der Waals surface area contributed by atoms with E-state index in [2.05, 4.69) is 21.2 Å². The molecule has 16 heavy (non-hydrogen) atoms. The summed E-state index contributed by atoms with van der Waals surface area (Å²) in [6.45, 7) is 1.13. The molecule has 0 radical (unpaired) electrons. The van der Waals surface area contributed by atoms with Crippen molar-refractivity contribution in [2.75, 3.05) is 6.54 Å². The van der Waals surface area contributed by atoms with E-state index >= 15 is 0 Å². The molecule has 0 spiro atoms. The van der Waals surface area contributed by atoms with E-state index in [1.54, 1.807) is 6.26 Å². The van der Waals surface area contributed by atoms with Crippen molar-refractivity contribution in [2.45, 2.75) is 44.1 Å². The van der Waals surface area contributed by atoms with Gasteiger partial charge in [0.25, 0.3) is 0 Å². The van der Waals surface area contributed by atoms with Crippen LogP contribution in [0.5, 0.6) is 0 Å². The van der Waals surface area contributed by atoms with Crippen LogP contribution < -0.4 is 5.32 Å². The quantitative estimate of drug-likeness (QED) is 0.893. The lowest BCUT2D eigenvalue weighted by molar-refractivity contribution is 0.225. The number of hydrogen-bond acceptors (Lipinski definition) is 2. The first-order valence-corrected chi connectivity index (χ1v) is 7.11. The highest BCUT2D eigenvalue weighted by Gasteiger charge is 2.49. The molecule has 0 bridgehead atoms. The van der Waals surface area contributed by atoms with Crippen LogP contribution in [0.3, 0.4) is 0 Å². The fraction of sp³-hybridized carbons (Fsp3) is 0.692. The van der Waals surface area contributed by atoms with Crippen LogP contribution in [0.4, 0.5) is 0 Å². The minimum absolute atomic E-state index is 0.124. The summed E-state index contributed by atoms with van der Waals surface area (Å²) < 4.78 is 6.89. The lowest BCUT2D eigenvalue weighted by Gasteiger charge is -2.32. The molecule has 1 aromatic heterocycles. The van der Waals surface area contributed by atoms with E-state index in [0.29, 0.717) is 0 Å². The second kappa shape index (κ2) is 4.19. The second-order valence-electron chi connectivity index (χ2n) is 5.08. The Kier molecular flexibility index (Phi) is 2.84.